The van der Waals surface area contributed by atoms with Gasteiger partial charge in [0.2, 0.25) is 0 Å². The third-order valence-corrected chi connectivity index (χ3v) is 5.10. The Morgan fingerprint density at radius 3 is 2.32 bits per heavy atom. The molecule has 0 amide bonds. The van der Waals surface area contributed by atoms with E-state index in [1.165, 1.54) is 35.3 Å². The molecule has 2 heterocycles. The first-order valence-electron chi connectivity index (χ1n) is 8.68. The van der Waals surface area contributed by atoms with Gasteiger partial charge in [-0.05, 0) is 45.8 Å². The minimum absolute atomic E-state index is 0.341. The van der Waals surface area contributed by atoms with Crippen LogP contribution in [-0.2, 0) is 11.8 Å². The lowest BCUT2D eigenvalue weighted by Gasteiger charge is -2.34. The summed E-state index contributed by atoms with van der Waals surface area (Å²) in [5.74, 6) is -0.110. The summed E-state index contributed by atoms with van der Waals surface area (Å²) in [6.07, 6.45) is 5.78. The van der Waals surface area contributed by atoms with Crippen LogP contribution in [0.25, 0.3) is 11.9 Å². The first-order chi connectivity index (χ1) is 13.7. The maximum Gasteiger partial charge on any atom is 0.185 e. The van der Waals surface area contributed by atoms with E-state index in [1.54, 1.807) is 12.1 Å². The van der Waals surface area contributed by atoms with Gasteiger partial charge >= 0.3 is 0 Å². The van der Waals surface area contributed by atoms with E-state index in [0.29, 0.717) is 12.2 Å². The van der Waals surface area contributed by atoms with Gasteiger partial charge < -0.3 is 0 Å². The van der Waals surface area contributed by atoms with Gasteiger partial charge in [-0.25, -0.2) is 8.78 Å². The molecule has 0 fully saturated rings. The third-order valence-electron chi connectivity index (χ3n) is 5.10. The summed E-state index contributed by atoms with van der Waals surface area (Å²) in [6.45, 7) is 0. The number of rotatable bonds is 3. The average Bonchev–Trinajstić information content (AvgIpc) is 3.37. The van der Waals surface area contributed by atoms with E-state index in [1.807, 2.05) is 24.3 Å². The van der Waals surface area contributed by atoms with E-state index in [9.17, 15) is 8.78 Å². The average molecular weight is 376 g/mol. The minimum Gasteiger partial charge on any atom is -0.280 e. The van der Waals surface area contributed by atoms with Crippen LogP contribution in [0.5, 0.6) is 0 Å². The number of nitrogens with zero attached hydrogens (tertiary/aromatic N) is 5. The van der Waals surface area contributed by atoms with Crippen LogP contribution in [0.15, 0.2) is 60.9 Å². The summed E-state index contributed by atoms with van der Waals surface area (Å²) in [4.78, 5) is 0. The van der Waals surface area contributed by atoms with Crippen molar-refractivity contribution in [2.45, 2.75) is 11.8 Å². The largest absolute Gasteiger partial charge is 0.280 e. The van der Waals surface area contributed by atoms with E-state index in [4.69, 9.17) is 0 Å². The monoisotopic (exact) mass is 376 g/mol. The Hall–Kier alpha value is -3.68. The van der Waals surface area contributed by atoms with Crippen molar-refractivity contribution in [2.75, 3.05) is 0 Å². The van der Waals surface area contributed by atoms with Gasteiger partial charge in [-0.1, -0.05) is 36.4 Å². The van der Waals surface area contributed by atoms with Crippen molar-refractivity contribution in [3.63, 3.8) is 0 Å². The van der Waals surface area contributed by atoms with E-state index in [0.717, 1.165) is 22.4 Å². The molecular formula is C20H14F2N6. The normalized spacial score (nSPS) is 14.8. The van der Waals surface area contributed by atoms with E-state index in [-0.39, 0.29) is 11.6 Å². The molecule has 0 atom stereocenters. The zero-order chi connectivity index (χ0) is 19.1. The van der Waals surface area contributed by atoms with Gasteiger partial charge in [0, 0.05) is 23.1 Å². The first-order valence-corrected chi connectivity index (χ1v) is 8.68. The van der Waals surface area contributed by atoms with Crippen molar-refractivity contribution in [2.24, 2.45) is 0 Å². The lowest BCUT2D eigenvalue weighted by Crippen LogP contribution is -2.31. The number of halogens is 2. The van der Waals surface area contributed by atoms with Gasteiger partial charge in [0.15, 0.2) is 5.82 Å². The molecule has 138 valence electrons. The van der Waals surface area contributed by atoms with Gasteiger partial charge in [0.25, 0.3) is 0 Å². The molecule has 0 unspecified atom stereocenters. The Morgan fingerprint density at radius 1 is 1.00 bits per heavy atom. The number of allylic oxidation sites excluding steroid dienone is 1. The van der Waals surface area contributed by atoms with E-state index >= 15 is 0 Å². The summed E-state index contributed by atoms with van der Waals surface area (Å²) in [5, 5.41) is 18.5. The Labute approximate surface area is 158 Å². The number of nitrogens with one attached hydrogen (secondary N) is 1. The molecule has 5 rings (SSSR count). The van der Waals surface area contributed by atoms with E-state index < -0.39 is 5.41 Å². The fraction of sp³-hybridized carbons (Fsp3) is 0.100. The molecule has 1 N–H and O–H groups in total. The van der Waals surface area contributed by atoms with Crippen LogP contribution < -0.4 is 0 Å². The predicted octanol–water partition coefficient (Wildman–Crippen LogP) is 3.22. The summed E-state index contributed by atoms with van der Waals surface area (Å²) in [5.41, 5.74) is 2.41. The van der Waals surface area contributed by atoms with Crippen molar-refractivity contribution >= 4 is 6.08 Å². The number of aromatic amines is 1. The van der Waals surface area contributed by atoms with E-state index in [2.05, 4.69) is 25.7 Å². The second-order valence-electron chi connectivity index (χ2n) is 6.70. The van der Waals surface area contributed by atoms with Crippen LogP contribution in [0.3, 0.4) is 0 Å². The fourth-order valence-corrected chi connectivity index (χ4v) is 3.78. The van der Waals surface area contributed by atoms with Crippen LogP contribution in [-0.4, -0.2) is 30.4 Å². The smallest absolute Gasteiger partial charge is 0.185 e. The predicted molar refractivity (Wildman–Crippen MR) is 97.6 cm³/mol. The molecule has 1 aliphatic rings. The van der Waals surface area contributed by atoms with Crippen molar-refractivity contribution in [1.29, 1.82) is 0 Å². The number of fused-ring (bicyclic) bond motifs is 1. The van der Waals surface area contributed by atoms with Crippen LogP contribution in [0, 0.1) is 11.6 Å². The van der Waals surface area contributed by atoms with Crippen molar-refractivity contribution < 1.29 is 8.78 Å². The summed E-state index contributed by atoms with van der Waals surface area (Å²) in [6, 6.07) is 12.8. The molecule has 0 saturated carbocycles. The van der Waals surface area contributed by atoms with Gasteiger partial charge in [0.1, 0.15) is 18.0 Å². The number of H-pyrrole nitrogens is 1. The molecular weight excluding hydrogens is 362 g/mol. The highest BCUT2D eigenvalue weighted by Gasteiger charge is 2.37. The molecule has 0 radical (unpaired) electrons. The fourth-order valence-electron chi connectivity index (χ4n) is 3.78. The number of tetrazole rings is 1. The molecule has 0 bridgehead atoms. The SMILES string of the molecule is Fc1cccc(C2(c3cccc(F)c3)C=Cc3c(-n4cnnn4)n[nH]c3C2)c1. The van der Waals surface area contributed by atoms with Crippen molar-refractivity contribution in [1.82, 2.24) is 30.4 Å². The number of hydrogen-bond donors (Lipinski definition) is 1. The van der Waals surface area contributed by atoms with Crippen molar-refractivity contribution in [3.05, 3.63) is 95.0 Å². The Kier molecular flexibility index (Phi) is 3.65. The third kappa shape index (κ3) is 2.53. The van der Waals surface area contributed by atoms with Gasteiger partial charge in [-0.2, -0.15) is 9.78 Å². The number of aromatic nitrogens is 6. The topological polar surface area (TPSA) is 72.3 Å². The Morgan fingerprint density at radius 2 is 1.71 bits per heavy atom. The second kappa shape index (κ2) is 6.19. The molecule has 8 heteroatoms. The lowest BCUT2D eigenvalue weighted by molar-refractivity contribution is 0.582. The van der Waals surface area contributed by atoms with Crippen molar-refractivity contribution in [3.8, 4) is 5.82 Å². The van der Waals surface area contributed by atoms with Gasteiger partial charge in [-0.3, -0.25) is 5.10 Å². The highest BCUT2D eigenvalue weighted by atomic mass is 19.1. The maximum atomic E-state index is 14.0. The molecule has 2 aromatic carbocycles. The molecule has 4 aromatic rings. The molecule has 28 heavy (non-hydrogen) atoms. The zero-order valence-electron chi connectivity index (χ0n) is 14.5. The van der Waals surface area contributed by atoms with Gasteiger partial charge in [-0.15, -0.1) is 5.10 Å². The molecule has 0 saturated heterocycles. The summed E-state index contributed by atoms with van der Waals surface area (Å²) < 4.78 is 29.5. The second-order valence-corrected chi connectivity index (χ2v) is 6.70. The van der Waals surface area contributed by atoms with Crippen LogP contribution in [0.1, 0.15) is 22.4 Å². The molecule has 0 aliphatic heterocycles. The number of hydrogen-bond acceptors (Lipinski definition) is 4. The quantitative estimate of drug-likeness (QED) is 0.596. The van der Waals surface area contributed by atoms with Crippen LogP contribution >= 0.6 is 0 Å². The lowest BCUT2D eigenvalue weighted by atomic mass is 9.68. The molecule has 6 nitrogen and oxygen atoms in total. The highest BCUT2D eigenvalue weighted by Crippen LogP contribution is 2.42. The molecule has 2 aromatic heterocycles. The zero-order valence-corrected chi connectivity index (χ0v) is 14.5. The van der Waals surface area contributed by atoms with Gasteiger partial charge in [0.05, 0.1) is 0 Å². The summed E-state index contributed by atoms with van der Waals surface area (Å²) in [7, 11) is 0. The van der Waals surface area contributed by atoms with Crippen LogP contribution in [0.4, 0.5) is 8.78 Å². The molecule has 1 aliphatic carbocycles. The maximum absolute atomic E-state index is 14.0. The minimum atomic E-state index is -0.735. The first kappa shape index (κ1) is 16.5. The Balaban J connectivity index is 1.69. The highest BCUT2D eigenvalue weighted by molar-refractivity contribution is 5.67. The summed E-state index contributed by atoms with van der Waals surface area (Å²) >= 11 is 0. The number of benzene rings is 2. The van der Waals surface area contributed by atoms with Crippen LogP contribution in [0.2, 0.25) is 0 Å². The standard InChI is InChI=1S/C20H14F2N6/c21-15-5-1-3-13(9-15)20(14-4-2-6-16(22)10-14)8-7-17-18(11-20)24-25-19(17)28-12-23-26-27-28/h1-10,12H,11H2,(H,24,25). The molecule has 0 spiro atoms. The Bertz CT molecular complexity index is 1130.